The number of nitrogens with two attached hydrogens (primary N) is 1. The molecule has 1 unspecified atom stereocenters. The van der Waals surface area contributed by atoms with Crippen LogP contribution >= 0.6 is 23.2 Å². The highest BCUT2D eigenvalue weighted by molar-refractivity contribution is 6.37. The average molecular weight is 656 g/mol. The third kappa shape index (κ3) is 4.96. The van der Waals surface area contributed by atoms with Gasteiger partial charge in [0.15, 0.2) is 17.3 Å². The summed E-state index contributed by atoms with van der Waals surface area (Å²) in [5, 5.41) is 2.92. The molecule has 0 spiro atoms. The van der Waals surface area contributed by atoms with Crippen LogP contribution < -0.4 is 21.6 Å². The van der Waals surface area contributed by atoms with Gasteiger partial charge >= 0.3 is 5.69 Å². The number of anilines is 3. The molecule has 1 saturated heterocycles. The number of halogens is 4. The molecule has 10 nitrogen and oxygen atoms in total. The van der Waals surface area contributed by atoms with Crippen molar-refractivity contribution in [3.8, 4) is 16.9 Å². The molecule has 5 heterocycles. The summed E-state index contributed by atoms with van der Waals surface area (Å²) in [4.78, 5) is 43.9. The van der Waals surface area contributed by atoms with Crippen LogP contribution in [0.3, 0.4) is 0 Å². The van der Waals surface area contributed by atoms with E-state index in [-0.39, 0.29) is 62.7 Å². The number of rotatable bonds is 4. The Balaban J connectivity index is 1.74. The number of aryl methyl sites for hydroxylation is 1. The zero-order chi connectivity index (χ0) is 32.3. The first kappa shape index (κ1) is 30.7. The van der Waals surface area contributed by atoms with E-state index in [1.807, 2.05) is 25.7 Å². The van der Waals surface area contributed by atoms with Crippen molar-refractivity contribution in [2.24, 2.45) is 0 Å². The third-order valence-electron chi connectivity index (χ3n) is 8.34. The number of piperazine rings is 1. The molecular weight excluding hydrogens is 625 g/mol. The number of fused-ring (bicyclic) bond motifs is 2. The Morgan fingerprint density at radius 3 is 2.67 bits per heavy atom. The van der Waals surface area contributed by atoms with Crippen molar-refractivity contribution in [3.05, 3.63) is 74.4 Å². The fourth-order valence-corrected chi connectivity index (χ4v) is 6.62. The van der Waals surface area contributed by atoms with Gasteiger partial charge in [0.2, 0.25) is 5.91 Å². The maximum Gasteiger partial charge on any atom is 0.355 e. The van der Waals surface area contributed by atoms with Gasteiger partial charge in [-0.15, -0.1) is 0 Å². The van der Waals surface area contributed by atoms with E-state index >= 15 is 8.78 Å². The second-order valence-corrected chi connectivity index (χ2v) is 12.2. The summed E-state index contributed by atoms with van der Waals surface area (Å²) in [6.45, 7) is 10.6. The summed E-state index contributed by atoms with van der Waals surface area (Å²) in [5.74, 6) is -2.03. The largest absolute Gasteiger partial charge is 0.397 e. The number of nitrogen functional groups attached to an aromatic ring is 1. The number of amides is 1. The van der Waals surface area contributed by atoms with E-state index in [9.17, 15) is 9.59 Å². The van der Waals surface area contributed by atoms with Gasteiger partial charge in [-0.05, 0) is 43.0 Å². The Kier molecular flexibility index (Phi) is 7.90. The molecule has 1 amide bonds. The minimum atomic E-state index is -1.01. The number of hydrogen-bond acceptors (Lipinski definition) is 8. The highest BCUT2D eigenvalue weighted by Gasteiger charge is 2.36. The highest BCUT2D eigenvalue weighted by Crippen LogP contribution is 2.44. The van der Waals surface area contributed by atoms with Crippen molar-refractivity contribution in [1.29, 1.82) is 0 Å². The molecule has 3 aromatic heterocycles. The van der Waals surface area contributed by atoms with Crippen LogP contribution in [0.15, 0.2) is 35.8 Å². The van der Waals surface area contributed by atoms with E-state index in [0.29, 0.717) is 43.0 Å². The number of carbonyl (C=O) groups excluding carboxylic acids is 1. The zero-order valence-electron chi connectivity index (χ0n) is 24.8. The lowest BCUT2D eigenvalue weighted by Gasteiger charge is -2.43. The van der Waals surface area contributed by atoms with Crippen LogP contribution in [0.25, 0.3) is 28.0 Å². The first-order chi connectivity index (χ1) is 21.4. The molecule has 3 N–H and O–H groups in total. The number of benzene rings is 1. The van der Waals surface area contributed by atoms with Gasteiger partial charge in [0.25, 0.3) is 0 Å². The van der Waals surface area contributed by atoms with E-state index in [1.165, 1.54) is 10.6 Å². The minimum Gasteiger partial charge on any atom is -0.397 e. The number of nitrogens with zero attached hydrogens (tertiary/aromatic N) is 6. The lowest BCUT2D eigenvalue weighted by Crippen LogP contribution is -2.56. The first-order valence-electron chi connectivity index (χ1n) is 14.4. The lowest BCUT2D eigenvalue weighted by molar-refractivity contribution is -0.126. The molecule has 0 radical (unpaired) electrons. The van der Waals surface area contributed by atoms with E-state index in [2.05, 4.69) is 26.8 Å². The van der Waals surface area contributed by atoms with Crippen molar-refractivity contribution in [1.82, 2.24) is 24.4 Å². The van der Waals surface area contributed by atoms with Gasteiger partial charge < -0.3 is 20.9 Å². The van der Waals surface area contributed by atoms with Crippen LogP contribution in [0.1, 0.15) is 37.4 Å². The van der Waals surface area contributed by atoms with Crippen LogP contribution in [0.4, 0.5) is 26.0 Å². The van der Waals surface area contributed by atoms with Crippen molar-refractivity contribution in [2.45, 2.75) is 39.2 Å². The smallest absolute Gasteiger partial charge is 0.355 e. The van der Waals surface area contributed by atoms with E-state index in [4.69, 9.17) is 28.9 Å². The predicted octanol–water partition coefficient (Wildman–Crippen LogP) is 5.46. The Morgan fingerprint density at radius 1 is 1.20 bits per heavy atom. The Labute approximate surface area is 267 Å². The zero-order valence-corrected chi connectivity index (χ0v) is 26.3. The SMILES string of the molecule is C=CC(=O)N1CCN2c3nc(=O)n(-c4c(C)ccnc4C(C)C)c4nc(-c5c(N)c(Cl)cc(Cl)c5F)c(F)c(c34)NCCC2C1. The van der Waals surface area contributed by atoms with Gasteiger partial charge in [-0.25, -0.2) is 23.1 Å². The molecule has 2 aliphatic heterocycles. The number of carbonyl (C=O) groups is 1. The number of pyridine rings is 2. The maximum absolute atomic E-state index is 16.8. The average Bonchev–Trinajstić information content (AvgIpc) is 3.00. The molecule has 14 heteroatoms. The standard InChI is InChI=1S/C31H30Cl2F2N8O2/c1-5-19(44)41-10-11-42-16(13-41)7-9-38-26-21-29(42)40-31(45)43(28-15(4)6-8-37-25(28)14(2)3)30(21)39-27(23(26)35)20-22(34)17(32)12-18(33)24(20)36/h5-6,8,12,14,16,38H,1,7,9-11,13,36H2,2-4H3. The molecule has 6 rings (SSSR count). The third-order valence-corrected chi connectivity index (χ3v) is 8.93. The van der Waals surface area contributed by atoms with Crippen molar-refractivity contribution in [3.63, 3.8) is 0 Å². The molecule has 45 heavy (non-hydrogen) atoms. The summed E-state index contributed by atoms with van der Waals surface area (Å²) in [6.07, 6.45) is 3.38. The first-order valence-corrected chi connectivity index (χ1v) is 15.2. The molecule has 0 saturated carbocycles. The highest BCUT2D eigenvalue weighted by atomic mass is 35.5. The van der Waals surface area contributed by atoms with Crippen LogP contribution in [-0.4, -0.2) is 62.5 Å². The number of aromatic nitrogens is 4. The van der Waals surface area contributed by atoms with Crippen LogP contribution in [-0.2, 0) is 4.79 Å². The molecule has 2 aliphatic rings. The number of nitrogens with one attached hydrogen (secondary N) is 1. The van der Waals surface area contributed by atoms with E-state index in [0.717, 1.165) is 6.07 Å². The van der Waals surface area contributed by atoms with Crippen molar-refractivity contribution >= 4 is 57.3 Å². The topological polar surface area (TPSA) is 122 Å². The van der Waals surface area contributed by atoms with Gasteiger partial charge in [0, 0.05) is 38.4 Å². The fraction of sp³-hybridized carbons (Fsp3) is 0.323. The molecule has 0 aliphatic carbocycles. The summed E-state index contributed by atoms with van der Waals surface area (Å²) in [6, 6.07) is 2.64. The molecule has 234 valence electrons. The summed E-state index contributed by atoms with van der Waals surface area (Å²) in [7, 11) is 0. The number of hydrogen-bond donors (Lipinski definition) is 2. The van der Waals surface area contributed by atoms with Crippen LogP contribution in [0, 0.1) is 18.6 Å². The molecule has 1 fully saturated rings. The van der Waals surface area contributed by atoms with Crippen LogP contribution in [0.2, 0.25) is 10.0 Å². The molecule has 0 bridgehead atoms. The summed E-state index contributed by atoms with van der Waals surface area (Å²) >= 11 is 12.4. The second-order valence-electron chi connectivity index (χ2n) is 11.4. The quantitative estimate of drug-likeness (QED) is 0.169. The summed E-state index contributed by atoms with van der Waals surface area (Å²) < 4.78 is 33.7. The fourth-order valence-electron chi connectivity index (χ4n) is 6.15. The van der Waals surface area contributed by atoms with Crippen LogP contribution in [0.5, 0.6) is 0 Å². The monoisotopic (exact) mass is 654 g/mol. The maximum atomic E-state index is 16.8. The van der Waals surface area contributed by atoms with Gasteiger partial charge in [0.05, 0.1) is 43.8 Å². The Bertz CT molecular complexity index is 1940. The molecule has 4 aromatic rings. The second kappa shape index (κ2) is 11.6. The normalized spacial score (nSPS) is 16.3. The lowest BCUT2D eigenvalue weighted by atomic mass is 10.0. The van der Waals surface area contributed by atoms with Crippen molar-refractivity contribution in [2.75, 3.05) is 42.1 Å². The van der Waals surface area contributed by atoms with Crippen molar-refractivity contribution < 1.29 is 13.6 Å². The van der Waals surface area contributed by atoms with Gasteiger partial charge in [0.1, 0.15) is 11.5 Å². The summed E-state index contributed by atoms with van der Waals surface area (Å²) in [5.41, 5.74) is 6.07. The van der Waals surface area contributed by atoms with E-state index in [1.54, 1.807) is 17.2 Å². The minimum absolute atomic E-state index is 0.0158. The van der Waals surface area contributed by atoms with Gasteiger partial charge in [-0.2, -0.15) is 4.98 Å². The molecule has 1 aromatic carbocycles. The van der Waals surface area contributed by atoms with E-state index < -0.39 is 28.6 Å². The Hall–Kier alpha value is -4.29. The molecule has 1 atom stereocenters. The predicted molar refractivity (Wildman–Crippen MR) is 173 cm³/mol. The van der Waals surface area contributed by atoms with Gasteiger partial charge in [-0.1, -0.05) is 43.6 Å². The molecular formula is C31H30Cl2F2N8O2. The van der Waals surface area contributed by atoms with Gasteiger partial charge in [-0.3, -0.25) is 9.78 Å². The Morgan fingerprint density at radius 2 is 1.96 bits per heavy atom.